The molecule has 0 aromatic heterocycles. The second-order valence-corrected chi connectivity index (χ2v) is 8.16. The van der Waals surface area contributed by atoms with Gasteiger partial charge in [-0.3, -0.25) is 9.98 Å². The second-order valence-electron chi connectivity index (χ2n) is 8.16. The van der Waals surface area contributed by atoms with Crippen LogP contribution in [0.5, 0.6) is 0 Å². The molecular formula is C27H35F2N3. The Morgan fingerprint density at radius 3 is 2.78 bits per heavy atom. The molecule has 32 heavy (non-hydrogen) atoms. The Morgan fingerprint density at radius 1 is 1.28 bits per heavy atom. The molecule has 172 valence electrons. The molecule has 0 radical (unpaired) electrons. The first-order valence-corrected chi connectivity index (χ1v) is 11.3. The lowest BCUT2D eigenvalue weighted by atomic mass is 9.93. The minimum absolute atomic E-state index is 0.0534. The molecule has 0 amide bonds. The fourth-order valence-corrected chi connectivity index (χ4v) is 3.80. The minimum atomic E-state index is -0.769. The Morgan fingerprint density at radius 2 is 2.06 bits per heavy atom. The van der Waals surface area contributed by atoms with Crippen LogP contribution >= 0.6 is 0 Å². The van der Waals surface area contributed by atoms with E-state index in [4.69, 9.17) is 0 Å². The molecule has 2 atom stereocenters. The Balaban J connectivity index is 2.08. The van der Waals surface area contributed by atoms with Gasteiger partial charge in [0, 0.05) is 38.8 Å². The maximum Gasteiger partial charge on any atom is 0.182 e. The highest BCUT2D eigenvalue weighted by Crippen LogP contribution is 2.32. The van der Waals surface area contributed by atoms with E-state index < -0.39 is 11.6 Å². The van der Waals surface area contributed by atoms with Gasteiger partial charge in [-0.15, -0.1) is 0 Å². The molecule has 0 N–H and O–H groups in total. The van der Waals surface area contributed by atoms with Gasteiger partial charge in [0.25, 0.3) is 0 Å². The third kappa shape index (κ3) is 7.70. The van der Waals surface area contributed by atoms with E-state index >= 15 is 0 Å². The standard InChI is InChI=1S/C27H35F2N3/c1-5-22(19-31-15-8-7-14-30-4)12-9-11-21(3)24-17-25(28)27(29)26(18-24)32-16-10-13-23(6-2)20-32/h5,7-9,12,14-15,17-19,21,23H,1,6,10-11,13,16,20H2,2-4H3/b8-7-,12-9?,22-19+,30-14-,31-15+. The van der Waals surface area contributed by atoms with Crippen molar-refractivity contribution >= 4 is 18.1 Å². The van der Waals surface area contributed by atoms with Gasteiger partial charge in [0.1, 0.15) is 0 Å². The van der Waals surface area contributed by atoms with Crippen LogP contribution in [0.2, 0.25) is 0 Å². The van der Waals surface area contributed by atoms with Crippen LogP contribution in [-0.4, -0.2) is 32.6 Å². The maximum absolute atomic E-state index is 14.6. The van der Waals surface area contributed by atoms with Crippen LogP contribution in [0.4, 0.5) is 14.5 Å². The van der Waals surface area contributed by atoms with Crippen molar-refractivity contribution in [1.29, 1.82) is 0 Å². The molecule has 1 aromatic carbocycles. The van der Waals surface area contributed by atoms with E-state index in [1.807, 2.05) is 30.0 Å². The Hall–Kier alpha value is -2.82. The van der Waals surface area contributed by atoms with E-state index in [1.165, 1.54) is 6.07 Å². The smallest absolute Gasteiger partial charge is 0.182 e. The molecule has 0 saturated carbocycles. The van der Waals surface area contributed by atoms with Crippen molar-refractivity contribution in [2.75, 3.05) is 25.0 Å². The monoisotopic (exact) mass is 439 g/mol. The number of hydrogen-bond donors (Lipinski definition) is 0. The number of piperidine rings is 1. The zero-order valence-electron chi connectivity index (χ0n) is 19.5. The first-order valence-electron chi connectivity index (χ1n) is 11.3. The lowest BCUT2D eigenvalue weighted by Crippen LogP contribution is -2.36. The van der Waals surface area contributed by atoms with Crippen molar-refractivity contribution in [2.24, 2.45) is 15.9 Å². The number of halogens is 2. The van der Waals surface area contributed by atoms with E-state index in [1.54, 1.807) is 43.9 Å². The number of allylic oxidation sites excluding steroid dienone is 6. The predicted octanol–water partition coefficient (Wildman–Crippen LogP) is 7.04. The van der Waals surface area contributed by atoms with Crippen LogP contribution in [0.15, 0.2) is 70.8 Å². The summed E-state index contributed by atoms with van der Waals surface area (Å²) < 4.78 is 29.0. The molecule has 1 heterocycles. The van der Waals surface area contributed by atoms with Gasteiger partial charge in [0.15, 0.2) is 11.6 Å². The molecule has 5 heteroatoms. The van der Waals surface area contributed by atoms with Crippen molar-refractivity contribution in [2.45, 2.75) is 45.4 Å². The lowest BCUT2D eigenvalue weighted by Gasteiger charge is -2.34. The van der Waals surface area contributed by atoms with Gasteiger partial charge in [-0.2, -0.15) is 0 Å². The van der Waals surface area contributed by atoms with E-state index in [0.717, 1.165) is 43.5 Å². The van der Waals surface area contributed by atoms with E-state index in [0.29, 0.717) is 18.0 Å². The summed E-state index contributed by atoms with van der Waals surface area (Å²) in [7, 11) is 1.71. The van der Waals surface area contributed by atoms with Gasteiger partial charge in [0.2, 0.25) is 0 Å². The van der Waals surface area contributed by atoms with Crippen LogP contribution in [-0.2, 0) is 0 Å². The highest BCUT2D eigenvalue weighted by Gasteiger charge is 2.23. The fourth-order valence-electron chi connectivity index (χ4n) is 3.80. The SMILES string of the molecule is C=C\C(C=CCC(C)c1cc(F)c(F)c(N2CCCC(CC)C2)c1)=C/N=C/C=C\C=N/C. The van der Waals surface area contributed by atoms with Gasteiger partial charge in [-0.05, 0) is 66.5 Å². The second kappa shape index (κ2) is 13.6. The Labute approximate surface area is 191 Å². The van der Waals surface area contributed by atoms with Gasteiger partial charge >= 0.3 is 0 Å². The van der Waals surface area contributed by atoms with Crippen LogP contribution in [0.1, 0.15) is 51.0 Å². The van der Waals surface area contributed by atoms with Crippen molar-refractivity contribution in [3.63, 3.8) is 0 Å². The summed E-state index contributed by atoms with van der Waals surface area (Å²) in [5, 5.41) is 0. The first kappa shape index (κ1) is 25.4. The Bertz CT molecular complexity index is 896. The lowest BCUT2D eigenvalue weighted by molar-refractivity contribution is 0.399. The molecule has 2 rings (SSSR count). The fraction of sp³-hybridized carbons (Fsp3) is 0.407. The normalized spacial score (nSPS) is 19.1. The largest absolute Gasteiger partial charge is 0.369 e. The van der Waals surface area contributed by atoms with Gasteiger partial charge in [-0.25, -0.2) is 8.78 Å². The van der Waals surface area contributed by atoms with Crippen LogP contribution < -0.4 is 4.90 Å². The van der Waals surface area contributed by atoms with E-state index in [9.17, 15) is 8.78 Å². The van der Waals surface area contributed by atoms with Gasteiger partial charge in [-0.1, -0.05) is 45.1 Å². The average molecular weight is 440 g/mol. The Kier molecular flexibility index (Phi) is 10.8. The quantitative estimate of drug-likeness (QED) is 0.284. The van der Waals surface area contributed by atoms with Crippen LogP contribution in [0, 0.1) is 17.6 Å². The molecular weight excluding hydrogens is 404 g/mol. The molecule has 1 fully saturated rings. The summed E-state index contributed by atoms with van der Waals surface area (Å²) in [5.41, 5.74) is 2.08. The average Bonchev–Trinajstić information content (AvgIpc) is 2.81. The number of aliphatic imine (C=N–C) groups is 2. The van der Waals surface area contributed by atoms with Crippen molar-refractivity contribution < 1.29 is 8.78 Å². The van der Waals surface area contributed by atoms with Crippen LogP contribution in [0.3, 0.4) is 0 Å². The zero-order chi connectivity index (χ0) is 23.3. The molecule has 2 unspecified atom stereocenters. The molecule has 0 spiro atoms. The van der Waals surface area contributed by atoms with Crippen molar-refractivity contribution in [1.82, 2.24) is 0 Å². The van der Waals surface area contributed by atoms with Gasteiger partial charge in [0.05, 0.1) is 5.69 Å². The molecule has 0 aliphatic carbocycles. The molecule has 1 aromatic rings. The number of anilines is 1. The van der Waals surface area contributed by atoms with Crippen molar-refractivity contribution in [3.05, 3.63) is 78.1 Å². The topological polar surface area (TPSA) is 28.0 Å². The molecule has 1 aliphatic heterocycles. The summed E-state index contributed by atoms with van der Waals surface area (Å²) in [6.07, 6.45) is 18.3. The molecule has 1 aliphatic rings. The van der Waals surface area contributed by atoms with Crippen molar-refractivity contribution in [3.8, 4) is 0 Å². The van der Waals surface area contributed by atoms with Gasteiger partial charge < -0.3 is 4.90 Å². The summed E-state index contributed by atoms with van der Waals surface area (Å²) in [5.74, 6) is -0.911. The predicted molar refractivity (Wildman–Crippen MR) is 134 cm³/mol. The number of rotatable bonds is 10. The third-order valence-electron chi connectivity index (χ3n) is 5.82. The number of nitrogens with zero attached hydrogens (tertiary/aromatic N) is 3. The highest BCUT2D eigenvalue weighted by atomic mass is 19.2. The molecule has 1 saturated heterocycles. The van der Waals surface area contributed by atoms with E-state index in [-0.39, 0.29) is 5.92 Å². The summed E-state index contributed by atoms with van der Waals surface area (Å²) in [4.78, 5) is 10.1. The summed E-state index contributed by atoms with van der Waals surface area (Å²) in [6.45, 7) is 9.57. The summed E-state index contributed by atoms with van der Waals surface area (Å²) in [6, 6.07) is 3.16. The first-order chi connectivity index (χ1) is 15.5. The summed E-state index contributed by atoms with van der Waals surface area (Å²) >= 11 is 0. The third-order valence-corrected chi connectivity index (χ3v) is 5.82. The zero-order valence-corrected chi connectivity index (χ0v) is 19.5. The maximum atomic E-state index is 14.6. The minimum Gasteiger partial charge on any atom is -0.369 e. The molecule has 0 bridgehead atoms. The number of benzene rings is 1. The van der Waals surface area contributed by atoms with E-state index in [2.05, 4.69) is 23.5 Å². The highest BCUT2D eigenvalue weighted by molar-refractivity contribution is 5.81. The number of hydrogen-bond acceptors (Lipinski definition) is 3. The molecule has 3 nitrogen and oxygen atoms in total. The van der Waals surface area contributed by atoms with Crippen LogP contribution in [0.25, 0.3) is 0 Å².